The smallest absolute Gasteiger partial charge is 0.277 e. The van der Waals surface area contributed by atoms with Crippen molar-refractivity contribution in [3.63, 3.8) is 0 Å². The van der Waals surface area contributed by atoms with E-state index in [1.54, 1.807) is 0 Å². The summed E-state index contributed by atoms with van der Waals surface area (Å²) in [4.78, 5) is 14.7. The molecule has 2 atom stereocenters. The van der Waals surface area contributed by atoms with Gasteiger partial charge in [0.05, 0.1) is 5.75 Å². The van der Waals surface area contributed by atoms with Gasteiger partial charge in [0.2, 0.25) is 18.6 Å². The third kappa shape index (κ3) is 3.57. The van der Waals surface area contributed by atoms with Crippen LogP contribution in [0.3, 0.4) is 0 Å². The summed E-state index contributed by atoms with van der Waals surface area (Å²) in [5.41, 5.74) is 0.772. The van der Waals surface area contributed by atoms with Gasteiger partial charge in [-0.15, -0.1) is 10.2 Å². The molecule has 3 heterocycles. The summed E-state index contributed by atoms with van der Waals surface area (Å²) in [5, 5.41) is 8.58. The van der Waals surface area contributed by atoms with Crippen LogP contribution in [0.4, 0.5) is 0 Å². The molecule has 0 radical (unpaired) electrons. The van der Waals surface area contributed by atoms with Crippen molar-refractivity contribution in [1.82, 2.24) is 15.1 Å². The molecular formula is C20H23N3O4S. The average Bonchev–Trinajstić information content (AvgIpc) is 3.40. The molecule has 0 N–H and O–H groups in total. The molecule has 28 heavy (non-hydrogen) atoms. The number of hydrogen-bond acceptors (Lipinski definition) is 7. The maximum Gasteiger partial charge on any atom is 0.277 e. The van der Waals surface area contributed by atoms with Gasteiger partial charge in [0, 0.05) is 18.7 Å². The first-order chi connectivity index (χ1) is 13.8. The van der Waals surface area contributed by atoms with Crippen LogP contribution in [0.1, 0.15) is 32.1 Å². The van der Waals surface area contributed by atoms with Crippen LogP contribution in [0.2, 0.25) is 0 Å². The quantitative estimate of drug-likeness (QED) is 0.725. The number of piperidine rings is 1. The van der Waals surface area contributed by atoms with Gasteiger partial charge in [-0.05, 0) is 42.9 Å². The summed E-state index contributed by atoms with van der Waals surface area (Å²) in [6, 6.07) is 5.51. The Hall–Kier alpha value is -2.22. The Balaban J connectivity index is 1.18. The molecule has 1 saturated carbocycles. The second-order valence-corrected chi connectivity index (χ2v) is 8.59. The summed E-state index contributed by atoms with van der Waals surface area (Å²) >= 11 is 1.31. The van der Waals surface area contributed by atoms with Crippen LogP contribution in [0, 0.1) is 11.8 Å². The monoisotopic (exact) mass is 401 g/mol. The van der Waals surface area contributed by atoms with Crippen molar-refractivity contribution in [2.75, 3.05) is 25.6 Å². The molecule has 1 aliphatic carbocycles. The van der Waals surface area contributed by atoms with Gasteiger partial charge in [0.15, 0.2) is 11.5 Å². The molecule has 2 unspecified atom stereocenters. The van der Waals surface area contributed by atoms with E-state index in [9.17, 15) is 4.79 Å². The molecule has 0 bridgehead atoms. The number of aromatic nitrogens is 2. The first-order valence-corrected chi connectivity index (χ1v) is 10.9. The minimum atomic E-state index is 0.164. The van der Waals surface area contributed by atoms with E-state index in [-0.39, 0.29) is 12.7 Å². The van der Waals surface area contributed by atoms with E-state index in [2.05, 4.69) is 10.2 Å². The van der Waals surface area contributed by atoms with Crippen LogP contribution in [-0.4, -0.2) is 46.6 Å². The molecule has 2 aromatic rings. The number of hydrogen-bond donors (Lipinski definition) is 0. The van der Waals surface area contributed by atoms with E-state index in [1.165, 1.54) is 37.4 Å². The summed E-state index contributed by atoms with van der Waals surface area (Å²) < 4.78 is 16.4. The number of nitrogens with zero attached hydrogens (tertiary/aromatic N) is 3. The molecule has 2 aliphatic heterocycles. The Morgan fingerprint density at radius 3 is 2.89 bits per heavy atom. The van der Waals surface area contributed by atoms with Gasteiger partial charge >= 0.3 is 0 Å². The molecule has 1 amide bonds. The van der Waals surface area contributed by atoms with Crippen LogP contribution in [0.5, 0.6) is 11.5 Å². The lowest BCUT2D eigenvalue weighted by Gasteiger charge is -2.41. The van der Waals surface area contributed by atoms with Gasteiger partial charge in [-0.2, -0.15) is 0 Å². The molecule has 1 aromatic carbocycles. The summed E-state index contributed by atoms with van der Waals surface area (Å²) in [6.45, 7) is 2.02. The lowest BCUT2D eigenvalue weighted by molar-refractivity contribution is -0.131. The third-order valence-corrected chi connectivity index (χ3v) is 6.79. The van der Waals surface area contributed by atoms with Crippen molar-refractivity contribution in [1.29, 1.82) is 0 Å². The lowest BCUT2D eigenvalue weighted by atomic mass is 9.75. The van der Waals surface area contributed by atoms with Gasteiger partial charge in [-0.25, -0.2) is 0 Å². The number of carbonyl (C=O) groups excluding carboxylic acids is 1. The van der Waals surface area contributed by atoms with E-state index in [1.807, 2.05) is 23.1 Å². The summed E-state index contributed by atoms with van der Waals surface area (Å²) in [5.74, 6) is 3.81. The Morgan fingerprint density at radius 2 is 1.96 bits per heavy atom. The first-order valence-electron chi connectivity index (χ1n) is 9.90. The highest BCUT2D eigenvalue weighted by Crippen LogP contribution is 2.37. The van der Waals surface area contributed by atoms with Gasteiger partial charge in [0.25, 0.3) is 5.22 Å². The van der Waals surface area contributed by atoms with Gasteiger partial charge in [-0.1, -0.05) is 31.0 Å². The highest BCUT2D eigenvalue weighted by molar-refractivity contribution is 7.99. The minimum Gasteiger partial charge on any atom is -0.454 e. The summed E-state index contributed by atoms with van der Waals surface area (Å²) in [6.07, 6.45) is 6.42. The number of ether oxygens (including phenoxy) is 2. The molecule has 2 fully saturated rings. The molecule has 0 spiro atoms. The zero-order valence-corrected chi connectivity index (χ0v) is 16.5. The lowest BCUT2D eigenvalue weighted by Crippen LogP contribution is -2.45. The van der Waals surface area contributed by atoms with E-state index < -0.39 is 0 Å². The Kier molecular flexibility index (Phi) is 4.88. The standard InChI is InChI=1S/C20H23N3O4S/c24-18(23-8-7-13-3-1-2-4-15(13)10-23)11-28-20-22-21-19(27-20)14-5-6-16-17(9-14)26-12-25-16/h5-6,9,13,15H,1-4,7-8,10-12H2. The fourth-order valence-corrected chi connectivity index (χ4v) is 5.12. The van der Waals surface area contributed by atoms with Gasteiger partial charge < -0.3 is 18.8 Å². The molecule has 3 aliphatic rings. The van der Waals surface area contributed by atoms with Crippen LogP contribution in [-0.2, 0) is 4.79 Å². The number of fused-ring (bicyclic) bond motifs is 2. The van der Waals surface area contributed by atoms with Crippen molar-refractivity contribution < 1.29 is 18.7 Å². The van der Waals surface area contributed by atoms with Crippen LogP contribution in [0.25, 0.3) is 11.5 Å². The van der Waals surface area contributed by atoms with E-state index in [0.29, 0.717) is 34.3 Å². The van der Waals surface area contributed by atoms with Crippen molar-refractivity contribution in [3.8, 4) is 23.0 Å². The molecule has 1 aromatic heterocycles. The number of thioether (sulfide) groups is 1. The normalized spacial score (nSPS) is 23.5. The second-order valence-electron chi connectivity index (χ2n) is 7.66. The highest BCUT2D eigenvalue weighted by Gasteiger charge is 2.32. The fourth-order valence-electron chi connectivity index (χ4n) is 4.46. The molecule has 7 nitrogen and oxygen atoms in total. The molecular weight excluding hydrogens is 378 g/mol. The Bertz CT molecular complexity index is 871. The van der Waals surface area contributed by atoms with E-state index >= 15 is 0 Å². The van der Waals surface area contributed by atoms with E-state index in [4.69, 9.17) is 13.9 Å². The zero-order valence-electron chi connectivity index (χ0n) is 15.6. The highest BCUT2D eigenvalue weighted by atomic mass is 32.2. The predicted molar refractivity (Wildman–Crippen MR) is 103 cm³/mol. The largest absolute Gasteiger partial charge is 0.454 e. The van der Waals surface area contributed by atoms with Crippen molar-refractivity contribution in [2.24, 2.45) is 11.8 Å². The Morgan fingerprint density at radius 1 is 1.11 bits per heavy atom. The maximum atomic E-state index is 12.6. The van der Waals surface area contributed by atoms with Gasteiger partial charge in [0.1, 0.15) is 0 Å². The van der Waals surface area contributed by atoms with Crippen LogP contribution < -0.4 is 9.47 Å². The Labute approximate surface area is 167 Å². The summed E-state index contributed by atoms with van der Waals surface area (Å²) in [7, 11) is 0. The zero-order chi connectivity index (χ0) is 18.9. The van der Waals surface area contributed by atoms with Crippen molar-refractivity contribution in [3.05, 3.63) is 18.2 Å². The first kappa shape index (κ1) is 17.8. The maximum absolute atomic E-state index is 12.6. The molecule has 1 saturated heterocycles. The number of carbonyl (C=O) groups is 1. The minimum absolute atomic E-state index is 0.164. The van der Waals surface area contributed by atoms with Crippen molar-refractivity contribution in [2.45, 2.75) is 37.3 Å². The third-order valence-electron chi connectivity index (χ3n) is 5.99. The fraction of sp³-hybridized carbons (Fsp3) is 0.550. The van der Waals surface area contributed by atoms with Crippen molar-refractivity contribution >= 4 is 17.7 Å². The predicted octanol–water partition coefficient (Wildman–Crippen LogP) is 3.60. The molecule has 148 valence electrons. The number of benzene rings is 1. The van der Waals surface area contributed by atoms with Crippen LogP contribution in [0.15, 0.2) is 27.8 Å². The number of rotatable bonds is 4. The number of likely N-dealkylation sites (tertiary alicyclic amines) is 1. The number of amides is 1. The van der Waals surface area contributed by atoms with Gasteiger partial charge in [-0.3, -0.25) is 4.79 Å². The molecule has 8 heteroatoms. The SMILES string of the molecule is O=C(CSc1nnc(-c2ccc3c(c2)OCO3)o1)N1CCC2CCCCC2C1. The molecule has 5 rings (SSSR count). The average molecular weight is 401 g/mol. The second kappa shape index (κ2) is 7.66. The topological polar surface area (TPSA) is 77.7 Å². The van der Waals surface area contributed by atoms with E-state index in [0.717, 1.165) is 31.0 Å². The van der Waals surface area contributed by atoms with Crippen LogP contribution >= 0.6 is 11.8 Å².